The van der Waals surface area contributed by atoms with E-state index in [1.54, 1.807) is 31.4 Å². The molecule has 1 unspecified atom stereocenters. The van der Waals surface area contributed by atoms with E-state index in [0.717, 1.165) is 6.42 Å². The Morgan fingerprint density at radius 1 is 1.00 bits per heavy atom. The zero-order chi connectivity index (χ0) is 24.7. The lowest BCUT2D eigenvalue weighted by Gasteiger charge is -2.25. The van der Waals surface area contributed by atoms with Gasteiger partial charge in [-0.1, -0.05) is 19.1 Å². The van der Waals surface area contributed by atoms with Crippen molar-refractivity contribution in [1.82, 2.24) is 4.90 Å². The number of aliphatic hydroxyl groups is 1. The van der Waals surface area contributed by atoms with Crippen molar-refractivity contribution in [2.24, 2.45) is 0 Å². The van der Waals surface area contributed by atoms with Crippen molar-refractivity contribution in [1.29, 1.82) is 0 Å². The van der Waals surface area contributed by atoms with Crippen molar-refractivity contribution < 1.29 is 33.6 Å². The molecule has 1 amide bonds. The Morgan fingerprint density at radius 2 is 1.79 bits per heavy atom. The van der Waals surface area contributed by atoms with Crippen LogP contribution in [0, 0.1) is 0 Å². The minimum Gasteiger partial charge on any atom is -0.507 e. The number of amides is 1. The third-order valence-corrected chi connectivity index (χ3v) is 5.60. The monoisotopic (exact) mass is 469 g/mol. The molecular formula is C26H31NO7. The highest BCUT2D eigenvalue weighted by Crippen LogP contribution is 2.42. The predicted octanol–water partition coefficient (Wildman–Crippen LogP) is 3.95. The van der Waals surface area contributed by atoms with Crippen LogP contribution in [-0.4, -0.2) is 62.8 Å². The number of likely N-dealkylation sites (tertiary alicyclic amines) is 1. The largest absolute Gasteiger partial charge is 0.507 e. The maximum atomic E-state index is 13.2. The van der Waals surface area contributed by atoms with Gasteiger partial charge in [-0.3, -0.25) is 9.59 Å². The predicted molar refractivity (Wildman–Crippen MR) is 127 cm³/mol. The molecule has 182 valence electrons. The summed E-state index contributed by atoms with van der Waals surface area (Å²) in [4.78, 5) is 27.7. The topological polar surface area (TPSA) is 94.5 Å². The van der Waals surface area contributed by atoms with E-state index >= 15 is 0 Å². The molecule has 0 aliphatic carbocycles. The Bertz CT molecular complexity index is 1060. The molecule has 0 spiro atoms. The summed E-state index contributed by atoms with van der Waals surface area (Å²) in [5.74, 6) is -0.250. The lowest BCUT2D eigenvalue weighted by Crippen LogP contribution is -2.31. The highest BCUT2D eigenvalue weighted by molar-refractivity contribution is 6.46. The Hall–Kier alpha value is -3.52. The van der Waals surface area contributed by atoms with Gasteiger partial charge in [0.15, 0.2) is 0 Å². The molecule has 34 heavy (non-hydrogen) atoms. The molecule has 1 fully saturated rings. The maximum absolute atomic E-state index is 13.2. The number of benzene rings is 2. The van der Waals surface area contributed by atoms with Crippen molar-refractivity contribution in [3.63, 3.8) is 0 Å². The van der Waals surface area contributed by atoms with Crippen LogP contribution < -0.4 is 14.2 Å². The van der Waals surface area contributed by atoms with Crippen LogP contribution in [0.25, 0.3) is 5.76 Å². The van der Waals surface area contributed by atoms with Crippen molar-refractivity contribution in [2.45, 2.75) is 25.8 Å². The molecule has 1 atom stereocenters. The van der Waals surface area contributed by atoms with Crippen molar-refractivity contribution in [3.8, 4) is 17.2 Å². The molecule has 0 aromatic heterocycles. The fourth-order valence-corrected chi connectivity index (χ4v) is 3.97. The summed E-state index contributed by atoms with van der Waals surface area (Å²) >= 11 is 0. The number of rotatable bonds is 11. The van der Waals surface area contributed by atoms with Gasteiger partial charge in [-0.15, -0.1) is 0 Å². The van der Waals surface area contributed by atoms with Crippen LogP contribution in [0.5, 0.6) is 17.2 Å². The van der Waals surface area contributed by atoms with E-state index in [4.69, 9.17) is 18.9 Å². The number of aliphatic hydroxyl groups excluding tert-OH is 1. The summed E-state index contributed by atoms with van der Waals surface area (Å²) in [5, 5.41) is 11.3. The first-order valence-electron chi connectivity index (χ1n) is 11.2. The average molecular weight is 470 g/mol. The first-order chi connectivity index (χ1) is 16.5. The molecule has 1 aliphatic rings. The molecule has 0 radical (unpaired) electrons. The standard InChI is InChI=1S/C26H31NO7/c1-5-13-34-19-9-6-8-17(15-19)23-22(25(29)26(30)27(23)12-7-14-31-2)24(28)20-11-10-18(32-3)16-21(20)33-4/h6,8-11,15-16,23,28H,5,7,12-14H2,1-4H3/b24-22-. The molecule has 1 heterocycles. The lowest BCUT2D eigenvalue weighted by atomic mass is 9.94. The van der Waals surface area contributed by atoms with E-state index in [1.165, 1.54) is 19.1 Å². The van der Waals surface area contributed by atoms with E-state index in [9.17, 15) is 14.7 Å². The van der Waals surface area contributed by atoms with Gasteiger partial charge in [0.25, 0.3) is 11.7 Å². The smallest absolute Gasteiger partial charge is 0.295 e. The number of Topliss-reactive ketones (excluding diaryl/α,β-unsaturated/α-hetero) is 1. The van der Waals surface area contributed by atoms with Gasteiger partial charge < -0.3 is 29.0 Å². The number of hydrogen-bond donors (Lipinski definition) is 1. The van der Waals surface area contributed by atoms with E-state index < -0.39 is 17.7 Å². The zero-order valence-corrected chi connectivity index (χ0v) is 20.0. The summed E-state index contributed by atoms with van der Waals surface area (Å²) < 4.78 is 21.5. The SMILES string of the molecule is CCCOc1cccc(C2/C(=C(/O)c3ccc(OC)cc3OC)C(=O)C(=O)N2CCCOC)c1. The normalized spacial score (nSPS) is 17.2. The summed E-state index contributed by atoms with van der Waals surface area (Å²) in [5.41, 5.74) is 0.958. The molecule has 1 N–H and O–H groups in total. The molecule has 0 bridgehead atoms. The van der Waals surface area contributed by atoms with Crippen LogP contribution in [0.1, 0.15) is 36.9 Å². The van der Waals surface area contributed by atoms with Gasteiger partial charge in [-0.05, 0) is 42.7 Å². The van der Waals surface area contributed by atoms with Gasteiger partial charge in [0, 0.05) is 26.3 Å². The van der Waals surface area contributed by atoms with Crippen LogP contribution in [0.4, 0.5) is 0 Å². The van der Waals surface area contributed by atoms with Gasteiger partial charge in [-0.2, -0.15) is 0 Å². The van der Waals surface area contributed by atoms with Crippen molar-refractivity contribution >= 4 is 17.4 Å². The quantitative estimate of drug-likeness (QED) is 0.230. The molecule has 0 saturated carbocycles. The Morgan fingerprint density at radius 3 is 2.47 bits per heavy atom. The Balaban J connectivity index is 2.15. The van der Waals surface area contributed by atoms with Crippen LogP contribution in [0.15, 0.2) is 48.0 Å². The van der Waals surface area contributed by atoms with Crippen LogP contribution in [0.2, 0.25) is 0 Å². The van der Waals surface area contributed by atoms with Gasteiger partial charge in [0.2, 0.25) is 0 Å². The number of carbonyl (C=O) groups excluding carboxylic acids is 2. The maximum Gasteiger partial charge on any atom is 0.295 e. The number of nitrogens with zero attached hydrogens (tertiary/aromatic N) is 1. The summed E-state index contributed by atoms with van der Waals surface area (Å²) in [7, 11) is 4.56. The second kappa shape index (κ2) is 11.6. The van der Waals surface area contributed by atoms with E-state index in [1.807, 2.05) is 25.1 Å². The van der Waals surface area contributed by atoms with E-state index in [0.29, 0.717) is 54.6 Å². The molecule has 2 aromatic rings. The van der Waals surface area contributed by atoms with Gasteiger partial charge in [-0.25, -0.2) is 0 Å². The average Bonchev–Trinajstić information content (AvgIpc) is 3.12. The summed E-state index contributed by atoms with van der Waals surface area (Å²) in [6.45, 7) is 3.28. The number of carbonyl (C=O) groups is 2. The molecule has 8 nitrogen and oxygen atoms in total. The van der Waals surface area contributed by atoms with Gasteiger partial charge >= 0.3 is 0 Å². The lowest BCUT2D eigenvalue weighted by molar-refractivity contribution is -0.140. The Labute approximate surface area is 199 Å². The first kappa shape index (κ1) is 25.1. The summed E-state index contributed by atoms with van der Waals surface area (Å²) in [6.07, 6.45) is 1.38. The fourth-order valence-electron chi connectivity index (χ4n) is 3.97. The van der Waals surface area contributed by atoms with E-state index in [-0.39, 0.29) is 11.3 Å². The molecular weight excluding hydrogens is 438 g/mol. The highest BCUT2D eigenvalue weighted by Gasteiger charge is 2.46. The van der Waals surface area contributed by atoms with Gasteiger partial charge in [0.05, 0.1) is 38.0 Å². The molecule has 2 aromatic carbocycles. The van der Waals surface area contributed by atoms with E-state index in [2.05, 4.69) is 0 Å². The molecule has 1 aliphatic heterocycles. The Kier molecular flexibility index (Phi) is 8.54. The number of ketones is 1. The van der Waals surface area contributed by atoms with Crippen LogP contribution in [0.3, 0.4) is 0 Å². The summed E-state index contributed by atoms with van der Waals surface area (Å²) in [6, 6.07) is 11.3. The minimum atomic E-state index is -0.783. The van der Waals surface area contributed by atoms with Crippen molar-refractivity contribution in [3.05, 3.63) is 59.2 Å². The molecule has 3 rings (SSSR count). The fraction of sp³-hybridized carbons (Fsp3) is 0.385. The number of ether oxygens (including phenoxy) is 4. The highest BCUT2D eigenvalue weighted by atomic mass is 16.5. The number of methoxy groups -OCH3 is 3. The van der Waals surface area contributed by atoms with Crippen LogP contribution >= 0.6 is 0 Å². The third-order valence-electron chi connectivity index (χ3n) is 5.60. The third kappa shape index (κ3) is 5.17. The van der Waals surface area contributed by atoms with Crippen LogP contribution in [-0.2, 0) is 14.3 Å². The minimum absolute atomic E-state index is 0.00137. The number of hydrogen-bond acceptors (Lipinski definition) is 7. The second-order valence-electron chi connectivity index (χ2n) is 7.83. The van der Waals surface area contributed by atoms with Crippen molar-refractivity contribution in [2.75, 3.05) is 41.1 Å². The van der Waals surface area contributed by atoms with Gasteiger partial charge in [0.1, 0.15) is 23.0 Å². The second-order valence-corrected chi connectivity index (χ2v) is 7.83. The molecule has 1 saturated heterocycles. The molecule has 8 heteroatoms. The first-order valence-corrected chi connectivity index (χ1v) is 11.2. The zero-order valence-electron chi connectivity index (χ0n) is 20.0.